The molecule has 0 amide bonds. The molecule has 0 aliphatic heterocycles. The molecule has 106 valence electrons. The summed E-state index contributed by atoms with van der Waals surface area (Å²) in [5, 5.41) is 8.92. The molecule has 4 nitrogen and oxygen atoms in total. The smallest absolute Gasteiger partial charge is 0.335 e. The van der Waals surface area contributed by atoms with E-state index in [4.69, 9.17) is 9.84 Å². The third-order valence-electron chi connectivity index (χ3n) is 2.90. The molecule has 0 atom stereocenters. The van der Waals surface area contributed by atoms with Crippen LogP contribution in [0.5, 0.6) is 0 Å². The van der Waals surface area contributed by atoms with E-state index < -0.39 is 11.8 Å². The highest BCUT2D eigenvalue weighted by molar-refractivity contribution is 5.87. The Morgan fingerprint density at radius 2 is 2.11 bits per heavy atom. The van der Waals surface area contributed by atoms with Crippen molar-refractivity contribution in [3.63, 3.8) is 0 Å². The Labute approximate surface area is 112 Å². The molecule has 1 N–H and O–H groups in total. The van der Waals surface area contributed by atoms with Crippen molar-refractivity contribution in [3.8, 4) is 0 Å². The maximum absolute atomic E-state index is 13.4. The molecule has 1 rings (SSSR count). The van der Waals surface area contributed by atoms with E-state index in [1.165, 1.54) is 12.1 Å². The predicted molar refractivity (Wildman–Crippen MR) is 70.8 cm³/mol. The number of halogens is 1. The highest BCUT2D eigenvalue weighted by Crippen LogP contribution is 2.13. The molecule has 19 heavy (non-hydrogen) atoms. The summed E-state index contributed by atoms with van der Waals surface area (Å²) in [6.45, 7) is 5.87. The van der Waals surface area contributed by atoms with Crippen LogP contribution in [0.3, 0.4) is 0 Å². The van der Waals surface area contributed by atoms with Crippen LogP contribution in [-0.2, 0) is 11.3 Å². The van der Waals surface area contributed by atoms with Crippen LogP contribution in [0.15, 0.2) is 18.2 Å². The van der Waals surface area contributed by atoms with Gasteiger partial charge in [-0.15, -0.1) is 0 Å². The average molecular weight is 269 g/mol. The molecule has 0 aliphatic carbocycles. The van der Waals surface area contributed by atoms with E-state index in [0.717, 1.165) is 6.07 Å². The molecule has 0 bridgehead atoms. The van der Waals surface area contributed by atoms with E-state index in [1.54, 1.807) is 7.11 Å². The first-order valence-corrected chi connectivity index (χ1v) is 6.19. The minimum atomic E-state index is -1.12. The Balaban J connectivity index is 2.86. The van der Waals surface area contributed by atoms with Crippen molar-refractivity contribution in [3.05, 3.63) is 35.1 Å². The summed E-state index contributed by atoms with van der Waals surface area (Å²) >= 11 is 0. The minimum Gasteiger partial charge on any atom is -0.478 e. The van der Waals surface area contributed by atoms with Crippen molar-refractivity contribution in [2.24, 2.45) is 0 Å². The minimum absolute atomic E-state index is 0.0227. The summed E-state index contributed by atoms with van der Waals surface area (Å²) in [5.41, 5.74) is 0.632. The Morgan fingerprint density at radius 1 is 1.42 bits per heavy atom. The van der Waals surface area contributed by atoms with Crippen molar-refractivity contribution < 1.29 is 19.0 Å². The lowest BCUT2D eigenvalue weighted by atomic mass is 10.1. The number of hydrogen-bond donors (Lipinski definition) is 1. The zero-order valence-electron chi connectivity index (χ0n) is 11.5. The van der Waals surface area contributed by atoms with Crippen LogP contribution in [0.2, 0.25) is 0 Å². The Hall–Kier alpha value is -1.46. The van der Waals surface area contributed by atoms with Gasteiger partial charge in [0.15, 0.2) is 0 Å². The second kappa shape index (κ2) is 7.21. The van der Waals surface area contributed by atoms with Crippen LogP contribution in [0.25, 0.3) is 0 Å². The number of rotatable bonds is 7. The van der Waals surface area contributed by atoms with Gasteiger partial charge in [0.2, 0.25) is 0 Å². The maximum atomic E-state index is 13.4. The van der Waals surface area contributed by atoms with Gasteiger partial charge < -0.3 is 9.84 Å². The summed E-state index contributed by atoms with van der Waals surface area (Å²) in [6, 6.07) is 4.18. The molecule has 1 aromatic carbocycles. The summed E-state index contributed by atoms with van der Waals surface area (Å²) in [4.78, 5) is 13.0. The first-order chi connectivity index (χ1) is 8.93. The van der Waals surface area contributed by atoms with Crippen LogP contribution in [0, 0.1) is 5.82 Å². The maximum Gasteiger partial charge on any atom is 0.335 e. The summed E-state index contributed by atoms with van der Waals surface area (Å²) < 4.78 is 18.4. The SMILES string of the molecule is COCCN(Cc1cc(F)cc(C(=O)O)c1)C(C)C. The van der Waals surface area contributed by atoms with E-state index >= 15 is 0 Å². The summed E-state index contributed by atoms with van der Waals surface area (Å²) in [6.07, 6.45) is 0. The van der Waals surface area contributed by atoms with Gasteiger partial charge in [-0.05, 0) is 37.6 Å². The van der Waals surface area contributed by atoms with Gasteiger partial charge >= 0.3 is 5.97 Å². The standard InChI is InChI=1S/C14H20FNO3/c1-10(2)16(4-5-19-3)9-11-6-12(14(17)18)8-13(15)7-11/h6-8,10H,4-5,9H2,1-3H3,(H,17,18). The molecular formula is C14H20FNO3. The molecular weight excluding hydrogens is 249 g/mol. The van der Waals surface area contributed by atoms with Crippen molar-refractivity contribution in [1.29, 1.82) is 0 Å². The van der Waals surface area contributed by atoms with Gasteiger partial charge in [0.25, 0.3) is 0 Å². The zero-order valence-corrected chi connectivity index (χ0v) is 11.5. The molecule has 1 aromatic rings. The predicted octanol–water partition coefficient (Wildman–Crippen LogP) is 2.38. The lowest BCUT2D eigenvalue weighted by molar-refractivity contribution is 0.0696. The lowest BCUT2D eigenvalue weighted by Crippen LogP contribution is -2.33. The lowest BCUT2D eigenvalue weighted by Gasteiger charge is -2.26. The van der Waals surface area contributed by atoms with Crippen molar-refractivity contribution >= 4 is 5.97 Å². The topological polar surface area (TPSA) is 49.8 Å². The fraction of sp³-hybridized carbons (Fsp3) is 0.500. The average Bonchev–Trinajstić information content (AvgIpc) is 2.33. The van der Waals surface area contributed by atoms with E-state index in [9.17, 15) is 9.18 Å². The van der Waals surface area contributed by atoms with E-state index in [-0.39, 0.29) is 11.6 Å². The Bertz CT molecular complexity index is 435. The second-order valence-electron chi connectivity index (χ2n) is 4.71. The number of carboxylic acids is 1. The second-order valence-corrected chi connectivity index (χ2v) is 4.71. The molecule has 0 saturated heterocycles. The first-order valence-electron chi connectivity index (χ1n) is 6.19. The third kappa shape index (κ3) is 4.96. The zero-order chi connectivity index (χ0) is 14.4. The fourth-order valence-electron chi connectivity index (χ4n) is 1.83. The quantitative estimate of drug-likeness (QED) is 0.825. The van der Waals surface area contributed by atoms with Crippen LogP contribution in [-0.4, -0.2) is 42.3 Å². The number of carboxylic acid groups (broad SMARTS) is 1. The van der Waals surface area contributed by atoms with E-state index in [2.05, 4.69) is 4.90 Å². The normalized spacial score (nSPS) is 11.3. The van der Waals surface area contributed by atoms with Gasteiger partial charge in [0.05, 0.1) is 12.2 Å². The number of carbonyl (C=O) groups is 1. The van der Waals surface area contributed by atoms with Crippen LogP contribution in [0.1, 0.15) is 29.8 Å². The fourth-order valence-corrected chi connectivity index (χ4v) is 1.83. The highest BCUT2D eigenvalue weighted by Gasteiger charge is 2.13. The molecule has 0 saturated carbocycles. The van der Waals surface area contributed by atoms with Gasteiger partial charge in [-0.25, -0.2) is 9.18 Å². The molecule has 0 aromatic heterocycles. The highest BCUT2D eigenvalue weighted by atomic mass is 19.1. The number of benzene rings is 1. The van der Waals surface area contributed by atoms with Gasteiger partial charge in [0, 0.05) is 26.2 Å². The molecule has 0 heterocycles. The number of hydrogen-bond acceptors (Lipinski definition) is 3. The Morgan fingerprint density at radius 3 is 2.63 bits per heavy atom. The van der Waals surface area contributed by atoms with Crippen molar-refractivity contribution in [2.45, 2.75) is 26.4 Å². The van der Waals surface area contributed by atoms with Crippen LogP contribution in [0.4, 0.5) is 4.39 Å². The molecule has 0 aliphatic rings. The number of ether oxygens (including phenoxy) is 1. The third-order valence-corrected chi connectivity index (χ3v) is 2.90. The largest absolute Gasteiger partial charge is 0.478 e. The van der Waals surface area contributed by atoms with Crippen LogP contribution >= 0.6 is 0 Å². The van der Waals surface area contributed by atoms with Crippen molar-refractivity contribution in [1.82, 2.24) is 4.90 Å². The van der Waals surface area contributed by atoms with Gasteiger partial charge in [-0.1, -0.05) is 0 Å². The summed E-state index contributed by atoms with van der Waals surface area (Å²) in [7, 11) is 1.63. The van der Waals surface area contributed by atoms with Crippen LogP contribution < -0.4 is 0 Å². The molecule has 0 spiro atoms. The van der Waals surface area contributed by atoms with Gasteiger partial charge in [-0.2, -0.15) is 0 Å². The molecule has 0 radical (unpaired) electrons. The monoisotopic (exact) mass is 269 g/mol. The van der Waals surface area contributed by atoms with Crippen molar-refractivity contribution in [2.75, 3.05) is 20.3 Å². The van der Waals surface area contributed by atoms with E-state index in [1.807, 2.05) is 13.8 Å². The molecule has 0 unspecified atom stereocenters. The number of nitrogens with zero attached hydrogens (tertiary/aromatic N) is 1. The molecule has 0 fully saturated rings. The Kier molecular flexibility index (Phi) is 5.92. The first kappa shape index (κ1) is 15.6. The van der Waals surface area contributed by atoms with E-state index in [0.29, 0.717) is 25.3 Å². The number of methoxy groups -OCH3 is 1. The number of aromatic carboxylic acids is 1. The molecule has 5 heteroatoms. The van der Waals surface area contributed by atoms with Gasteiger partial charge in [0.1, 0.15) is 5.82 Å². The van der Waals surface area contributed by atoms with Gasteiger partial charge in [-0.3, -0.25) is 4.90 Å². The summed E-state index contributed by atoms with van der Waals surface area (Å²) in [5.74, 6) is -1.64.